The Morgan fingerprint density at radius 2 is 2.33 bits per heavy atom. The predicted molar refractivity (Wildman–Crippen MR) is 60.3 cm³/mol. The van der Waals surface area contributed by atoms with E-state index in [-0.39, 0.29) is 0 Å². The lowest BCUT2D eigenvalue weighted by Crippen LogP contribution is -2.06. The standard InChI is InChI=1S/C12H21NO2/c1-3-4-10(2)8-14-9-11-5-6-15-12(11)7-13/h5-6,10H,3-4,7-9,13H2,1-2H3. The largest absolute Gasteiger partial charge is 0.468 e. The van der Waals surface area contributed by atoms with Crippen molar-refractivity contribution in [2.45, 2.75) is 39.8 Å². The fraction of sp³-hybridized carbons (Fsp3) is 0.667. The Bertz CT molecular complexity index is 270. The minimum Gasteiger partial charge on any atom is -0.468 e. The van der Waals surface area contributed by atoms with Gasteiger partial charge in [-0.1, -0.05) is 20.3 Å². The zero-order valence-corrected chi connectivity index (χ0v) is 9.66. The third-order valence-corrected chi connectivity index (χ3v) is 2.46. The Morgan fingerprint density at radius 3 is 3.00 bits per heavy atom. The van der Waals surface area contributed by atoms with E-state index in [1.807, 2.05) is 6.07 Å². The van der Waals surface area contributed by atoms with Gasteiger partial charge in [0.05, 0.1) is 19.4 Å². The van der Waals surface area contributed by atoms with Crippen molar-refractivity contribution >= 4 is 0 Å². The summed E-state index contributed by atoms with van der Waals surface area (Å²) < 4.78 is 10.8. The monoisotopic (exact) mass is 211 g/mol. The third-order valence-electron chi connectivity index (χ3n) is 2.46. The minimum absolute atomic E-state index is 0.441. The van der Waals surface area contributed by atoms with Gasteiger partial charge < -0.3 is 14.9 Å². The van der Waals surface area contributed by atoms with Crippen LogP contribution in [0, 0.1) is 5.92 Å². The van der Waals surface area contributed by atoms with Crippen LogP contribution in [0.15, 0.2) is 16.7 Å². The molecule has 3 nitrogen and oxygen atoms in total. The van der Waals surface area contributed by atoms with Crippen molar-refractivity contribution in [1.29, 1.82) is 0 Å². The van der Waals surface area contributed by atoms with Crippen molar-refractivity contribution in [3.05, 3.63) is 23.7 Å². The molecule has 0 amide bonds. The van der Waals surface area contributed by atoms with Gasteiger partial charge in [0.1, 0.15) is 5.76 Å². The van der Waals surface area contributed by atoms with Gasteiger partial charge in [-0.3, -0.25) is 0 Å². The molecule has 1 aromatic heterocycles. The van der Waals surface area contributed by atoms with Crippen LogP contribution >= 0.6 is 0 Å². The van der Waals surface area contributed by atoms with Crippen molar-refractivity contribution in [1.82, 2.24) is 0 Å². The van der Waals surface area contributed by atoms with E-state index < -0.39 is 0 Å². The molecular weight excluding hydrogens is 190 g/mol. The van der Waals surface area contributed by atoms with Crippen molar-refractivity contribution in [3.63, 3.8) is 0 Å². The zero-order valence-electron chi connectivity index (χ0n) is 9.66. The highest BCUT2D eigenvalue weighted by Gasteiger charge is 2.05. The molecule has 0 saturated heterocycles. The average Bonchev–Trinajstić information content (AvgIpc) is 2.66. The van der Waals surface area contributed by atoms with Gasteiger partial charge in [-0.15, -0.1) is 0 Å². The Morgan fingerprint density at radius 1 is 1.53 bits per heavy atom. The second-order valence-electron chi connectivity index (χ2n) is 3.98. The van der Waals surface area contributed by atoms with Crippen LogP contribution in [0.5, 0.6) is 0 Å². The number of rotatable bonds is 7. The van der Waals surface area contributed by atoms with E-state index in [1.165, 1.54) is 12.8 Å². The van der Waals surface area contributed by atoms with E-state index in [0.29, 0.717) is 19.1 Å². The van der Waals surface area contributed by atoms with Crippen LogP contribution in [0.3, 0.4) is 0 Å². The molecule has 0 aliphatic heterocycles. The van der Waals surface area contributed by atoms with Crippen molar-refractivity contribution < 1.29 is 9.15 Å². The minimum atomic E-state index is 0.441. The maximum Gasteiger partial charge on any atom is 0.122 e. The van der Waals surface area contributed by atoms with Gasteiger partial charge in [-0.25, -0.2) is 0 Å². The van der Waals surface area contributed by atoms with Gasteiger partial charge in [0.2, 0.25) is 0 Å². The highest BCUT2D eigenvalue weighted by Crippen LogP contribution is 2.12. The molecule has 2 N–H and O–H groups in total. The molecule has 0 aromatic carbocycles. The molecule has 15 heavy (non-hydrogen) atoms. The van der Waals surface area contributed by atoms with Gasteiger partial charge in [0.25, 0.3) is 0 Å². The summed E-state index contributed by atoms with van der Waals surface area (Å²) in [6, 6.07) is 1.92. The maximum atomic E-state index is 5.62. The van der Waals surface area contributed by atoms with Crippen LogP contribution in [0.4, 0.5) is 0 Å². The van der Waals surface area contributed by atoms with E-state index in [2.05, 4.69) is 13.8 Å². The lowest BCUT2D eigenvalue weighted by molar-refractivity contribution is 0.0884. The molecule has 1 heterocycles. The molecule has 0 aliphatic carbocycles. The lowest BCUT2D eigenvalue weighted by Gasteiger charge is -2.10. The number of ether oxygens (including phenoxy) is 1. The van der Waals surface area contributed by atoms with E-state index >= 15 is 0 Å². The molecule has 0 fully saturated rings. The number of hydrogen-bond acceptors (Lipinski definition) is 3. The highest BCUT2D eigenvalue weighted by molar-refractivity contribution is 5.15. The van der Waals surface area contributed by atoms with Crippen LogP contribution in [0.1, 0.15) is 38.0 Å². The number of nitrogens with two attached hydrogens (primary N) is 1. The molecule has 3 heteroatoms. The molecule has 0 bridgehead atoms. The summed E-state index contributed by atoms with van der Waals surface area (Å²) in [7, 11) is 0. The topological polar surface area (TPSA) is 48.4 Å². The van der Waals surface area contributed by atoms with Crippen molar-refractivity contribution in [2.24, 2.45) is 11.7 Å². The van der Waals surface area contributed by atoms with E-state index in [1.54, 1.807) is 6.26 Å². The first-order chi connectivity index (χ1) is 7.27. The first-order valence-electron chi connectivity index (χ1n) is 5.61. The molecule has 0 saturated carbocycles. The fourth-order valence-corrected chi connectivity index (χ4v) is 1.62. The number of furan rings is 1. The Hall–Kier alpha value is -0.800. The van der Waals surface area contributed by atoms with Crippen LogP contribution in [-0.2, 0) is 17.9 Å². The normalized spacial score (nSPS) is 13.0. The van der Waals surface area contributed by atoms with Gasteiger partial charge in [0.15, 0.2) is 0 Å². The molecule has 86 valence electrons. The lowest BCUT2D eigenvalue weighted by atomic mass is 10.1. The molecule has 0 radical (unpaired) electrons. The molecule has 1 aromatic rings. The van der Waals surface area contributed by atoms with Crippen LogP contribution in [0.2, 0.25) is 0 Å². The molecule has 0 spiro atoms. The van der Waals surface area contributed by atoms with E-state index in [9.17, 15) is 0 Å². The molecule has 0 aliphatic rings. The maximum absolute atomic E-state index is 5.62. The first-order valence-corrected chi connectivity index (χ1v) is 5.61. The van der Waals surface area contributed by atoms with Gasteiger partial charge >= 0.3 is 0 Å². The van der Waals surface area contributed by atoms with Crippen molar-refractivity contribution in [2.75, 3.05) is 6.61 Å². The van der Waals surface area contributed by atoms with Gasteiger partial charge in [0, 0.05) is 12.2 Å². The number of hydrogen-bond donors (Lipinski definition) is 1. The van der Waals surface area contributed by atoms with Gasteiger partial charge in [-0.2, -0.15) is 0 Å². The summed E-state index contributed by atoms with van der Waals surface area (Å²) in [4.78, 5) is 0. The highest BCUT2D eigenvalue weighted by atomic mass is 16.5. The summed E-state index contributed by atoms with van der Waals surface area (Å²) >= 11 is 0. The van der Waals surface area contributed by atoms with E-state index in [0.717, 1.165) is 17.9 Å². The summed E-state index contributed by atoms with van der Waals surface area (Å²) in [5.74, 6) is 1.46. The van der Waals surface area contributed by atoms with Crippen LogP contribution < -0.4 is 5.73 Å². The predicted octanol–water partition coefficient (Wildman–Crippen LogP) is 2.69. The average molecular weight is 211 g/mol. The molecule has 1 atom stereocenters. The van der Waals surface area contributed by atoms with Crippen molar-refractivity contribution in [3.8, 4) is 0 Å². The fourth-order valence-electron chi connectivity index (χ4n) is 1.62. The SMILES string of the molecule is CCCC(C)COCc1ccoc1CN. The molecule has 1 unspecified atom stereocenters. The van der Waals surface area contributed by atoms with Gasteiger partial charge in [-0.05, 0) is 18.4 Å². The second-order valence-corrected chi connectivity index (χ2v) is 3.98. The third kappa shape index (κ3) is 4.06. The van der Waals surface area contributed by atoms with Crippen LogP contribution in [-0.4, -0.2) is 6.61 Å². The summed E-state index contributed by atoms with van der Waals surface area (Å²) in [6.45, 7) is 6.26. The smallest absolute Gasteiger partial charge is 0.122 e. The Balaban J connectivity index is 2.25. The Labute approximate surface area is 91.6 Å². The Kier molecular flexibility index (Phi) is 5.43. The first kappa shape index (κ1) is 12.3. The van der Waals surface area contributed by atoms with E-state index in [4.69, 9.17) is 14.9 Å². The zero-order chi connectivity index (χ0) is 11.1. The summed E-state index contributed by atoms with van der Waals surface area (Å²) in [5.41, 5.74) is 6.60. The summed E-state index contributed by atoms with van der Waals surface area (Å²) in [5, 5.41) is 0. The summed E-state index contributed by atoms with van der Waals surface area (Å²) in [6.07, 6.45) is 4.09. The molecular formula is C12H21NO2. The molecule has 1 rings (SSSR count). The van der Waals surface area contributed by atoms with Crippen LogP contribution in [0.25, 0.3) is 0 Å². The second kappa shape index (κ2) is 6.64. The quantitative estimate of drug-likeness (QED) is 0.754.